The van der Waals surface area contributed by atoms with Gasteiger partial charge in [0.1, 0.15) is 0 Å². The summed E-state index contributed by atoms with van der Waals surface area (Å²) >= 11 is 0. The van der Waals surface area contributed by atoms with Crippen molar-refractivity contribution in [3.8, 4) is 0 Å². The van der Waals surface area contributed by atoms with Crippen molar-refractivity contribution in [3.05, 3.63) is 0 Å². The highest BCUT2D eigenvalue weighted by Gasteiger charge is 2.40. The van der Waals surface area contributed by atoms with Gasteiger partial charge in [-0.15, -0.1) is 0 Å². The van der Waals surface area contributed by atoms with Gasteiger partial charge in [-0.1, -0.05) is 46.5 Å². The van der Waals surface area contributed by atoms with Crippen LogP contribution in [-0.4, -0.2) is 36.5 Å². The van der Waals surface area contributed by atoms with Crippen LogP contribution in [-0.2, 0) is 4.79 Å². The summed E-state index contributed by atoms with van der Waals surface area (Å²) in [6.07, 6.45) is 8.24. The summed E-state index contributed by atoms with van der Waals surface area (Å²) in [6.45, 7) is 9.57. The molecule has 2 unspecified atom stereocenters. The summed E-state index contributed by atoms with van der Waals surface area (Å²) < 4.78 is 0. The molecule has 116 valence electrons. The quantitative estimate of drug-likeness (QED) is 0.857. The first-order valence-corrected chi connectivity index (χ1v) is 8.63. The van der Waals surface area contributed by atoms with E-state index in [1.807, 2.05) is 0 Å². The van der Waals surface area contributed by atoms with Crippen LogP contribution >= 0.6 is 0 Å². The van der Waals surface area contributed by atoms with Gasteiger partial charge < -0.3 is 10.2 Å². The van der Waals surface area contributed by atoms with Gasteiger partial charge in [0.05, 0.1) is 0 Å². The van der Waals surface area contributed by atoms with Gasteiger partial charge in [0.25, 0.3) is 0 Å². The van der Waals surface area contributed by atoms with Crippen molar-refractivity contribution in [2.24, 2.45) is 11.3 Å². The largest absolute Gasteiger partial charge is 0.342 e. The van der Waals surface area contributed by atoms with Crippen molar-refractivity contribution in [1.29, 1.82) is 0 Å². The van der Waals surface area contributed by atoms with E-state index in [0.29, 0.717) is 17.9 Å². The van der Waals surface area contributed by atoms with Crippen molar-refractivity contribution < 1.29 is 4.79 Å². The lowest BCUT2D eigenvalue weighted by Crippen LogP contribution is -2.54. The van der Waals surface area contributed by atoms with Gasteiger partial charge in [0, 0.05) is 24.5 Å². The summed E-state index contributed by atoms with van der Waals surface area (Å²) in [5.41, 5.74) is -0.0679. The van der Waals surface area contributed by atoms with Crippen LogP contribution in [0.25, 0.3) is 0 Å². The smallest absolute Gasteiger partial charge is 0.228 e. The molecule has 1 N–H and O–H groups in total. The molecule has 0 aromatic rings. The molecule has 1 saturated carbocycles. The molecule has 2 rings (SSSR count). The van der Waals surface area contributed by atoms with Crippen molar-refractivity contribution in [1.82, 2.24) is 10.2 Å². The second-order valence-electron chi connectivity index (χ2n) is 6.99. The van der Waals surface area contributed by atoms with Crippen LogP contribution in [0.2, 0.25) is 0 Å². The van der Waals surface area contributed by atoms with Crippen LogP contribution < -0.4 is 5.32 Å². The highest BCUT2D eigenvalue weighted by Crippen LogP contribution is 2.38. The molecule has 0 bridgehead atoms. The van der Waals surface area contributed by atoms with E-state index in [-0.39, 0.29) is 5.41 Å². The predicted octanol–water partition coefficient (Wildman–Crippen LogP) is 3.19. The molecular weight excluding hydrogens is 248 g/mol. The van der Waals surface area contributed by atoms with E-state index in [1.54, 1.807) is 0 Å². The number of carbonyl (C=O) groups excluding carboxylic acids is 1. The number of hydrogen-bond donors (Lipinski definition) is 1. The van der Waals surface area contributed by atoms with Crippen molar-refractivity contribution in [2.45, 2.75) is 71.8 Å². The van der Waals surface area contributed by atoms with E-state index in [2.05, 4.69) is 31.0 Å². The Balaban J connectivity index is 1.97. The highest BCUT2D eigenvalue weighted by atomic mass is 16.2. The molecule has 2 fully saturated rings. The second kappa shape index (κ2) is 6.93. The monoisotopic (exact) mass is 280 g/mol. The van der Waals surface area contributed by atoms with E-state index >= 15 is 0 Å². The number of piperidine rings is 1. The Bertz CT molecular complexity index is 323. The zero-order chi connectivity index (χ0) is 14.6. The third kappa shape index (κ3) is 3.36. The maximum absolute atomic E-state index is 12.9. The summed E-state index contributed by atoms with van der Waals surface area (Å²) in [6, 6.07) is 0.605. The molecular formula is C17H32N2O. The fraction of sp³-hybridized carbons (Fsp3) is 0.941. The van der Waals surface area contributed by atoms with E-state index in [9.17, 15) is 4.79 Å². The number of likely N-dealkylation sites (tertiary alicyclic amines) is 1. The lowest BCUT2D eigenvalue weighted by atomic mass is 9.74. The molecule has 20 heavy (non-hydrogen) atoms. The van der Waals surface area contributed by atoms with Crippen LogP contribution in [0.4, 0.5) is 0 Å². The third-order valence-electron chi connectivity index (χ3n) is 5.49. The van der Waals surface area contributed by atoms with Crippen LogP contribution in [0, 0.1) is 11.3 Å². The minimum absolute atomic E-state index is 0.0679. The fourth-order valence-corrected chi connectivity index (χ4v) is 4.09. The van der Waals surface area contributed by atoms with Gasteiger partial charge >= 0.3 is 0 Å². The lowest BCUT2D eigenvalue weighted by Gasteiger charge is -2.43. The average molecular weight is 280 g/mol. The second-order valence-corrected chi connectivity index (χ2v) is 6.99. The molecule has 2 aliphatic rings. The maximum Gasteiger partial charge on any atom is 0.228 e. The van der Waals surface area contributed by atoms with Crippen LogP contribution in [0.5, 0.6) is 0 Å². The van der Waals surface area contributed by atoms with Gasteiger partial charge in [-0.25, -0.2) is 0 Å². The molecule has 1 amide bonds. The Labute approximate surface area is 124 Å². The van der Waals surface area contributed by atoms with Gasteiger partial charge in [0.2, 0.25) is 5.91 Å². The van der Waals surface area contributed by atoms with E-state index in [0.717, 1.165) is 45.3 Å². The first kappa shape index (κ1) is 15.8. The van der Waals surface area contributed by atoms with Crippen LogP contribution in [0.1, 0.15) is 65.7 Å². The lowest BCUT2D eigenvalue weighted by molar-refractivity contribution is -0.145. The summed E-state index contributed by atoms with van der Waals surface area (Å²) in [5.74, 6) is 1.06. The Morgan fingerprint density at radius 3 is 2.55 bits per heavy atom. The highest BCUT2D eigenvalue weighted by molar-refractivity contribution is 5.82. The minimum Gasteiger partial charge on any atom is -0.342 e. The molecule has 0 aromatic heterocycles. The van der Waals surface area contributed by atoms with Crippen LogP contribution in [0.3, 0.4) is 0 Å². The van der Waals surface area contributed by atoms with E-state index in [4.69, 9.17) is 0 Å². The Morgan fingerprint density at radius 1 is 1.25 bits per heavy atom. The van der Waals surface area contributed by atoms with Crippen molar-refractivity contribution >= 4 is 5.91 Å². The molecule has 1 aliphatic heterocycles. The van der Waals surface area contributed by atoms with Gasteiger partial charge in [-0.2, -0.15) is 0 Å². The fourth-order valence-electron chi connectivity index (χ4n) is 4.09. The van der Waals surface area contributed by atoms with Crippen molar-refractivity contribution in [2.75, 3.05) is 19.6 Å². The molecule has 0 aromatic carbocycles. The number of amides is 1. The third-order valence-corrected chi connectivity index (χ3v) is 5.49. The van der Waals surface area contributed by atoms with E-state index < -0.39 is 0 Å². The normalized spacial score (nSPS) is 30.2. The molecule has 0 radical (unpaired) electrons. The summed E-state index contributed by atoms with van der Waals surface area (Å²) in [7, 11) is 0. The first-order valence-electron chi connectivity index (χ1n) is 8.63. The molecule has 3 nitrogen and oxygen atoms in total. The van der Waals surface area contributed by atoms with Gasteiger partial charge in [-0.3, -0.25) is 4.79 Å². The number of carbonyl (C=O) groups is 1. The number of nitrogens with one attached hydrogen (secondary N) is 1. The molecule has 1 aliphatic carbocycles. The molecule has 0 spiro atoms. The Hall–Kier alpha value is -0.570. The standard InChI is InChI=1S/C17H32N2O/c1-4-14-13-19(12-9-15(14)18-5-2)16(20)17(3)10-7-6-8-11-17/h14-15,18H,4-13H2,1-3H3. The Kier molecular flexibility index (Phi) is 5.48. The average Bonchev–Trinajstić information content (AvgIpc) is 2.48. The molecule has 3 heteroatoms. The summed E-state index contributed by atoms with van der Waals surface area (Å²) in [5, 5.41) is 3.60. The molecule has 2 atom stereocenters. The zero-order valence-corrected chi connectivity index (χ0v) is 13.6. The van der Waals surface area contributed by atoms with Gasteiger partial charge in [0.15, 0.2) is 0 Å². The Morgan fingerprint density at radius 2 is 1.95 bits per heavy atom. The van der Waals surface area contributed by atoms with E-state index in [1.165, 1.54) is 19.3 Å². The van der Waals surface area contributed by atoms with Crippen LogP contribution in [0.15, 0.2) is 0 Å². The van der Waals surface area contributed by atoms with Gasteiger partial charge in [-0.05, 0) is 31.7 Å². The molecule has 1 saturated heterocycles. The zero-order valence-electron chi connectivity index (χ0n) is 13.6. The van der Waals surface area contributed by atoms with Crippen molar-refractivity contribution in [3.63, 3.8) is 0 Å². The SMILES string of the molecule is CCNC1CCN(C(=O)C2(C)CCCCC2)CC1CC. The summed E-state index contributed by atoms with van der Waals surface area (Å²) in [4.78, 5) is 15.1. The molecule has 1 heterocycles. The minimum atomic E-state index is -0.0679. The number of rotatable bonds is 4. The topological polar surface area (TPSA) is 32.3 Å². The number of hydrogen-bond acceptors (Lipinski definition) is 2. The first-order chi connectivity index (χ1) is 9.60. The predicted molar refractivity (Wildman–Crippen MR) is 83.6 cm³/mol. The number of nitrogens with zero attached hydrogens (tertiary/aromatic N) is 1. The maximum atomic E-state index is 12.9.